The molecule has 1 aromatic carbocycles. The van der Waals surface area contributed by atoms with E-state index in [0.29, 0.717) is 63.2 Å². The van der Waals surface area contributed by atoms with E-state index < -0.39 is 30.4 Å². The summed E-state index contributed by atoms with van der Waals surface area (Å²) in [7, 11) is -7.52. The lowest BCUT2D eigenvalue weighted by molar-refractivity contribution is 0.0454. The highest BCUT2D eigenvalue weighted by Crippen LogP contribution is 2.48. The number of hydrogen-bond acceptors (Lipinski definition) is 10. The SMILES string of the molecule is CC1(OC(=O)N2CCC(COc3cnc(N4CCN(S(=O)(=O)CC5(S(=O)(=O)c6ccccc6)CC5)CC4)cn3)CC2)CC1. The topological polar surface area (TPSA) is 139 Å². The number of amides is 1. The molecule has 0 unspecified atom stereocenters. The second kappa shape index (κ2) is 11.5. The van der Waals surface area contributed by atoms with Gasteiger partial charge in [0.05, 0.1) is 34.4 Å². The van der Waals surface area contributed by atoms with Gasteiger partial charge < -0.3 is 19.3 Å². The number of rotatable bonds is 10. The molecule has 0 spiro atoms. The number of likely N-dealkylation sites (tertiary alicyclic amines) is 1. The molecule has 0 radical (unpaired) electrons. The fraction of sp³-hybridized carbons (Fsp3) is 0.621. The molecule has 4 fully saturated rings. The third kappa shape index (κ3) is 6.60. The van der Waals surface area contributed by atoms with Gasteiger partial charge in [0.15, 0.2) is 9.84 Å². The molecule has 1 amide bonds. The van der Waals surface area contributed by atoms with Gasteiger partial charge in [0.1, 0.15) is 11.4 Å². The van der Waals surface area contributed by atoms with Crippen LogP contribution in [0.1, 0.15) is 45.4 Å². The zero-order chi connectivity index (χ0) is 30.3. The van der Waals surface area contributed by atoms with E-state index in [2.05, 4.69) is 9.97 Å². The third-order valence-electron chi connectivity index (χ3n) is 9.07. The Labute approximate surface area is 253 Å². The minimum absolute atomic E-state index is 0.171. The van der Waals surface area contributed by atoms with E-state index in [1.165, 1.54) is 16.4 Å². The molecule has 2 aliphatic carbocycles. The van der Waals surface area contributed by atoms with Crippen LogP contribution >= 0.6 is 0 Å². The molecule has 12 nitrogen and oxygen atoms in total. The van der Waals surface area contributed by atoms with E-state index >= 15 is 0 Å². The van der Waals surface area contributed by atoms with Crippen LogP contribution in [-0.4, -0.2) is 104 Å². The number of sulfonamides is 1. The number of anilines is 1. The summed E-state index contributed by atoms with van der Waals surface area (Å²) in [5.41, 5.74) is -0.263. The van der Waals surface area contributed by atoms with Gasteiger partial charge in [-0.15, -0.1) is 0 Å². The second-order valence-corrected chi connectivity index (χ2v) is 16.7. The third-order valence-corrected chi connectivity index (χ3v) is 13.9. The molecule has 2 saturated carbocycles. The van der Waals surface area contributed by atoms with Gasteiger partial charge in [-0.05, 0) is 63.5 Å². The number of carbonyl (C=O) groups excluding carboxylic acids is 1. The first-order valence-corrected chi connectivity index (χ1v) is 18.0. The summed E-state index contributed by atoms with van der Waals surface area (Å²) in [5, 5.41) is 0. The van der Waals surface area contributed by atoms with Gasteiger partial charge in [0, 0.05) is 39.3 Å². The molecule has 1 aromatic heterocycles. The Kier molecular flexibility index (Phi) is 8.05. The number of hydrogen-bond donors (Lipinski definition) is 0. The van der Waals surface area contributed by atoms with Crippen LogP contribution in [0.2, 0.25) is 0 Å². The molecule has 4 aliphatic rings. The Morgan fingerprint density at radius 1 is 0.907 bits per heavy atom. The Hall–Kier alpha value is -2.97. The van der Waals surface area contributed by atoms with Crippen molar-refractivity contribution >= 4 is 31.8 Å². The van der Waals surface area contributed by atoms with Crippen LogP contribution in [0.4, 0.5) is 10.6 Å². The van der Waals surface area contributed by atoms with E-state index in [-0.39, 0.29) is 29.7 Å². The van der Waals surface area contributed by atoms with Gasteiger partial charge in [0.25, 0.3) is 0 Å². The number of nitrogens with zero attached hydrogens (tertiary/aromatic N) is 5. The molecule has 0 N–H and O–H groups in total. The van der Waals surface area contributed by atoms with Crippen molar-refractivity contribution in [3.63, 3.8) is 0 Å². The molecular formula is C29H39N5O7S2. The van der Waals surface area contributed by atoms with Crippen molar-refractivity contribution in [3.8, 4) is 5.88 Å². The van der Waals surface area contributed by atoms with Gasteiger partial charge >= 0.3 is 6.09 Å². The smallest absolute Gasteiger partial charge is 0.410 e. The molecule has 0 atom stereocenters. The van der Waals surface area contributed by atoms with Crippen LogP contribution in [-0.2, 0) is 24.6 Å². The van der Waals surface area contributed by atoms with Crippen LogP contribution in [0.15, 0.2) is 47.6 Å². The number of piperazine rings is 1. The summed E-state index contributed by atoms with van der Waals surface area (Å²) in [5.74, 6) is 0.967. The second-order valence-electron chi connectivity index (χ2n) is 12.4. The first-order chi connectivity index (χ1) is 20.5. The van der Waals surface area contributed by atoms with Gasteiger partial charge in [-0.3, -0.25) is 0 Å². The van der Waals surface area contributed by atoms with Crippen LogP contribution in [0.3, 0.4) is 0 Å². The van der Waals surface area contributed by atoms with Crippen molar-refractivity contribution in [3.05, 3.63) is 42.7 Å². The van der Waals surface area contributed by atoms with Gasteiger partial charge in [-0.1, -0.05) is 18.2 Å². The Morgan fingerprint density at radius 3 is 2.16 bits per heavy atom. The molecule has 14 heteroatoms. The lowest BCUT2D eigenvalue weighted by atomic mass is 9.98. The number of piperidine rings is 1. The average molecular weight is 634 g/mol. The van der Waals surface area contributed by atoms with Crippen molar-refractivity contribution in [2.24, 2.45) is 5.92 Å². The highest BCUT2D eigenvalue weighted by atomic mass is 32.2. The molecular weight excluding hydrogens is 594 g/mol. The van der Waals surface area contributed by atoms with Crippen molar-refractivity contribution in [2.45, 2.75) is 60.7 Å². The van der Waals surface area contributed by atoms with Gasteiger partial charge in [0.2, 0.25) is 15.9 Å². The minimum atomic E-state index is -3.77. The fourth-order valence-electron chi connectivity index (χ4n) is 5.68. The summed E-state index contributed by atoms with van der Waals surface area (Å²) in [6.45, 7) is 5.10. The van der Waals surface area contributed by atoms with E-state index in [4.69, 9.17) is 9.47 Å². The monoisotopic (exact) mass is 633 g/mol. The van der Waals surface area contributed by atoms with Gasteiger partial charge in [-0.25, -0.2) is 31.6 Å². The number of benzene rings is 1. The zero-order valence-electron chi connectivity index (χ0n) is 24.4. The maximum absolute atomic E-state index is 13.3. The Bertz CT molecular complexity index is 1510. The normalized spacial score (nSPS) is 22.2. The summed E-state index contributed by atoms with van der Waals surface area (Å²) >= 11 is 0. The van der Waals surface area contributed by atoms with E-state index in [9.17, 15) is 21.6 Å². The number of aromatic nitrogens is 2. The van der Waals surface area contributed by atoms with Crippen LogP contribution in [0, 0.1) is 5.92 Å². The van der Waals surface area contributed by atoms with Crippen LogP contribution in [0.5, 0.6) is 5.88 Å². The molecule has 6 rings (SSSR count). The molecule has 0 bridgehead atoms. The summed E-state index contributed by atoms with van der Waals surface area (Å²) in [6, 6.07) is 8.09. The van der Waals surface area contributed by atoms with E-state index in [0.717, 1.165) is 25.7 Å². The molecule has 2 saturated heterocycles. The number of sulfone groups is 1. The lowest BCUT2D eigenvalue weighted by Gasteiger charge is -2.35. The maximum atomic E-state index is 13.3. The minimum Gasteiger partial charge on any atom is -0.476 e. The molecule has 234 valence electrons. The summed E-state index contributed by atoms with van der Waals surface area (Å²) in [4.78, 5) is 25.1. The first kappa shape index (κ1) is 30.1. The molecule has 3 heterocycles. The highest BCUT2D eigenvalue weighted by Gasteiger charge is 2.58. The van der Waals surface area contributed by atoms with Crippen molar-refractivity contribution in [1.29, 1.82) is 0 Å². The number of ether oxygens (including phenoxy) is 2. The standard InChI is InChI=1S/C29H39N5O7S2/c1-28(9-10-28)41-27(35)33-13-7-23(8-14-33)21-40-26-20-30-25(19-31-26)32-15-17-34(18-16-32)42(36,37)22-29(11-12-29)43(38,39)24-5-3-2-4-6-24/h2-6,19-20,23H,7-18,21-22H2,1H3. The molecule has 2 aliphatic heterocycles. The maximum Gasteiger partial charge on any atom is 0.410 e. The quantitative estimate of drug-likeness (QED) is 0.384. The average Bonchev–Trinajstić information content (AvgIpc) is 3.95. The largest absolute Gasteiger partial charge is 0.476 e. The zero-order valence-corrected chi connectivity index (χ0v) is 26.1. The van der Waals surface area contributed by atoms with E-state index in [1.54, 1.807) is 35.5 Å². The van der Waals surface area contributed by atoms with Crippen LogP contribution < -0.4 is 9.64 Å². The van der Waals surface area contributed by atoms with Crippen LogP contribution in [0.25, 0.3) is 0 Å². The Morgan fingerprint density at radius 2 is 1.58 bits per heavy atom. The van der Waals surface area contributed by atoms with Gasteiger partial charge in [-0.2, -0.15) is 4.31 Å². The first-order valence-electron chi connectivity index (χ1n) is 14.9. The predicted molar refractivity (Wildman–Crippen MR) is 159 cm³/mol. The lowest BCUT2D eigenvalue weighted by Crippen LogP contribution is -2.51. The van der Waals surface area contributed by atoms with E-state index in [1.807, 2.05) is 11.8 Å². The fourth-order valence-corrected chi connectivity index (χ4v) is 10.3. The summed E-state index contributed by atoms with van der Waals surface area (Å²) < 4.78 is 64.6. The highest BCUT2D eigenvalue weighted by molar-refractivity contribution is 7.95. The predicted octanol–water partition coefficient (Wildman–Crippen LogP) is 2.71. The van der Waals surface area contributed by atoms with Crippen molar-refractivity contribution < 1.29 is 31.1 Å². The van der Waals surface area contributed by atoms with Crippen molar-refractivity contribution in [2.75, 3.05) is 56.5 Å². The Balaban J connectivity index is 0.955. The molecule has 2 aromatic rings. The van der Waals surface area contributed by atoms with Crippen molar-refractivity contribution in [1.82, 2.24) is 19.2 Å². The molecule has 43 heavy (non-hydrogen) atoms. The number of carbonyl (C=O) groups is 1. The summed E-state index contributed by atoms with van der Waals surface area (Å²) in [6.07, 6.45) is 7.22.